The molecule has 2 aromatic carbocycles. The summed E-state index contributed by atoms with van der Waals surface area (Å²) in [5, 5.41) is 40.7. The summed E-state index contributed by atoms with van der Waals surface area (Å²) in [5.41, 5.74) is 0.0736. The number of fused-ring (bicyclic) bond motifs is 1. The monoisotopic (exact) mass is 481 g/mol. The van der Waals surface area contributed by atoms with Crippen LogP contribution < -0.4 is 4.74 Å². The van der Waals surface area contributed by atoms with Crippen LogP contribution in [0.5, 0.6) is 5.75 Å². The minimum atomic E-state index is -1.62. The lowest BCUT2D eigenvalue weighted by Crippen LogP contribution is -2.56. The lowest BCUT2D eigenvalue weighted by molar-refractivity contribution is -0.250. The van der Waals surface area contributed by atoms with E-state index in [1.165, 1.54) is 29.0 Å². The molecule has 10 heteroatoms. The average molecular weight is 482 g/mol. The summed E-state index contributed by atoms with van der Waals surface area (Å²) in [6, 6.07) is 8.87. The second-order valence-corrected chi connectivity index (χ2v) is 9.20. The quantitative estimate of drug-likeness (QED) is 0.429. The predicted octanol–water partition coefficient (Wildman–Crippen LogP) is 2.83. The number of hydrogen-bond donors (Lipinski definition) is 4. The van der Waals surface area contributed by atoms with E-state index in [-0.39, 0.29) is 16.5 Å². The van der Waals surface area contributed by atoms with E-state index in [1.807, 2.05) is 13.8 Å². The van der Waals surface area contributed by atoms with Gasteiger partial charge in [0.1, 0.15) is 41.8 Å². The van der Waals surface area contributed by atoms with Crippen molar-refractivity contribution in [3.63, 3.8) is 0 Å². The topological polar surface area (TPSA) is 104 Å². The van der Waals surface area contributed by atoms with Gasteiger partial charge in [-0.1, -0.05) is 23.9 Å². The molecule has 0 saturated carbocycles. The number of hydrogen-bond acceptors (Lipinski definition) is 7. The molecule has 1 saturated heterocycles. The van der Waals surface area contributed by atoms with E-state index in [9.17, 15) is 29.2 Å². The first-order chi connectivity index (χ1) is 15.7. The Bertz CT molecular complexity index is 1140. The number of aromatic nitrogens is 1. The van der Waals surface area contributed by atoms with Crippen molar-refractivity contribution in [2.24, 2.45) is 0 Å². The average Bonchev–Trinajstić information content (AvgIpc) is 3.13. The molecule has 0 bridgehead atoms. The summed E-state index contributed by atoms with van der Waals surface area (Å²) in [5.74, 6) is -0.734. The molecule has 178 valence electrons. The molecule has 0 unspecified atom stereocenters. The molecule has 1 fully saturated rings. The smallest absolute Gasteiger partial charge is 0.163 e. The first-order valence-corrected chi connectivity index (χ1v) is 11.3. The summed E-state index contributed by atoms with van der Waals surface area (Å²) in [4.78, 5) is 0.765. The number of halogens is 2. The van der Waals surface area contributed by atoms with Gasteiger partial charge in [0.05, 0.1) is 18.2 Å². The van der Waals surface area contributed by atoms with E-state index in [4.69, 9.17) is 9.47 Å². The van der Waals surface area contributed by atoms with Gasteiger partial charge in [-0.2, -0.15) is 0 Å². The van der Waals surface area contributed by atoms with Gasteiger partial charge in [-0.15, -0.1) is 0 Å². The summed E-state index contributed by atoms with van der Waals surface area (Å²) >= 11 is 1.06. The number of aliphatic hydroxyl groups is 4. The summed E-state index contributed by atoms with van der Waals surface area (Å²) in [7, 11) is 0. The van der Waals surface area contributed by atoms with Crippen LogP contribution >= 0.6 is 11.8 Å². The van der Waals surface area contributed by atoms with Crippen LogP contribution in [0, 0.1) is 11.6 Å². The minimum Gasteiger partial charge on any atom is -0.491 e. The third-order valence-corrected chi connectivity index (χ3v) is 6.50. The molecule has 4 rings (SSSR count). The SMILES string of the molecule is CC(C)Oc1ccc(Sc2cn([C@@H]3O[C@H](CO)[C@@H](O)[C@H](O)[C@H]3O)c3c(F)cccc23)c(F)c1. The number of nitrogens with zero attached hydrogens (tertiary/aromatic N) is 1. The Hall–Kier alpha value is -2.21. The Kier molecular flexibility index (Phi) is 6.94. The largest absolute Gasteiger partial charge is 0.491 e. The second kappa shape index (κ2) is 9.57. The fourth-order valence-electron chi connectivity index (χ4n) is 3.86. The van der Waals surface area contributed by atoms with Crippen molar-refractivity contribution in [2.45, 2.75) is 60.4 Å². The van der Waals surface area contributed by atoms with Gasteiger partial charge in [0.15, 0.2) is 6.23 Å². The van der Waals surface area contributed by atoms with Crippen LogP contribution in [-0.4, -0.2) is 62.1 Å². The second-order valence-electron chi connectivity index (χ2n) is 8.12. The molecular weight excluding hydrogens is 456 g/mol. The Labute approximate surface area is 193 Å². The molecule has 3 aromatic rings. The molecule has 1 aliphatic heterocycles. The molecule has 1 aliphatic rings. The fraction of sp³-hybridized carbons (Fsp3) is 0.391. The summed E-state index contributed by atoms with van der Waals surface area (Å²) < 4.78 is 42.0. The Morgan fingerprint density at radius 2 is 1.79 bits per heavy atom. The summed E-state index contributed by atoms with van der Waals surface area (Å²) in [6.07, 6.45) is -5.82. The van der Waals surface area contributed by atoms with Gasteiger partial charge in [0, 0.05) is 27.4 Å². The normalized spacial score (nSPS) is 25.7. The van der Waals surface area contributed by atoms with Gasteiger partial charge >= 0.3 is 0 Å². The third-order valence-electron chi connectivity index (χ3n) is 5.40. The van der Waals surface area contributed by atoms with Crippen LogP contribution in [0.4, 0.5) is 8.78 Å². The lowest BCUT2D eigenvalue weighted by atomic mass is 9.98. The van der Waals surface area contributed by atoms with Crippen molar-refractivity contribution in [2.75, 3.05) is 6.61 Å². The Morgan fingerprint density at radius 1 is 1.03 bits per heavy atom. The van der Waals surface area contributed by atoms with Crippen LogP contribution in [-0.2, 0) is 4.74 Å². The molecule has 0 aliphatic carbocycles. The highest BCUT2D eigenvalue weighted by atomic mass is 32.2. The maximum Gasteiger partial charge on any atom is 0.163 e. The molecule has 4 N–H and O–H groups in total. The molecule has 33 heavy (non-hydrogen) atoms. The molecular formula is C23H25F2NO6S. The fourth-order valence-corrected chi connectivity index (χ4v) is 4.83. The molecule has 1 aromatic heterocycles. The first-order valence-electron chi connectivity index (χ1n) is 10.4. The standard InChI is InChI=1S/C23H25F2NO6S/c1-11(2)31-12-6-7-17(15(25)8-12)33-18-9-26(19-13(18)4-3-5-14(19)24)23-22(30)21(29)20(28)16(10-27)32-23/h3-9,11,16,20-23,27-30H,10H2,1-2H3/t16-,20-,21+,22-,23-/m1/s1. The van der Waals surface area contributed by atoms with Crippen LogP contribution in [0.1, 0.15) is 20.1 Å². The molecule has 5 atom stereocenters. The van der Waals surface area contributed by atoms with Gasteiger partial charge < -0.3 is 34.5 Å². The molecule has 0 radical (unpaired) electrons. The van der Waals surface area contributed by atoms with E-state index in [2.05, 4.69) is 0 Å². The van der Waals surface area contributed by atoms with E-state index < -0.39 is 48.9 Å². The maximum absolute atomic E-state index is 14.9. The zero-order chi connectivity index (χ0) is 23.9. The van der Waals surface area contributed by atoms with E-state index in [0.29, 0.717) is 16.0 Å². The van der Waals surface area contributed by atoms with Gasteiger partial charge in [-0.3, -0.25) is 0 Å². The first kappa shape index (κ1) is 23.9. The van der Waals surface area contributed by atoms with Crippen molar-refractivity contribution in [3.05, 3.63) is 54.2 Å². The number of rotatable bonds is 6. The zero-order valence-corrected chi connectivity index (χ0v) is 18.7. The zero-order valence-electron chi connectivity index (χ0n) is 17.9. The van der Waals surface area contributed by atoms with E-state index >= 15 is 0 Å². The van der Waals surface area contributed by atoms with Gasteiger partial charge in [0.25, 0.3) is 0 Å². The Morgan fingerprint density at radius 3 is 2.45 bits per heavy atom. The number of ether oxygens (including phenoxy) is 2. The van der Waals surface area contributed by atoms with Gasteiger partial charge in [-0.05, 0) is 32.0 Å². The molecule has 2 heterocycles. The minimum absolute atomic E-state index is 0.0736. The predicted molar refractivity (Wildman–Crippen MR) is 117 cm³/mol. The highest BCUT2D eigenvalue weighted by Gasteiger charge is 2.44. The molecule has 0 amide bonds. The summed E-state index contributed by atoms with van der Waals surface area (Å²) in [6.45, 7) is 3.06. The van der Waals surface area contributed by atoms with E-state index in [1.54, 1.807) is 18.2 Å². The number of aliphatic hydroxyl groups excluding tert-OH is 4. The highest BCUT2D eigenvalue weighted by molar-refractivity contribution is 7.99. The van der Waals surface area contributed by atoms with Crippen LogP contribution in [0.15, 0.2) is 52.4 Å². The van der Waals surface area contributed by atoms with Gasteiger partial charge in [0.2, 0.25) is 0 Å². The van der Waals surface area contributed by atoms with Crippen molar-refractivity contribution < 1.29 is 38.7 Å². The van der Waals surface area contributed by atoms with Crippen molar-refractivity contribution in [1.82, 2.24) is 4.57 Å². The van der Waals surface area contributed by atoms with Crippen LogP contribution in [0.2, 0.25) is 0 Å². The van der Waals surface area contributed by atoms with Crippen LogP contribution in [0.3, 0.4) is 0 Å². The molecule has 7 nitrogen and oxygen atoms in total. The van der Waals surface area contributed by atoms with Crippen molar-refractivity contribution in [1.29, 1.82) is 0 Å². The highest BCUT2D eigenvalue weighted by Crippen LogP contribution is 2.41. The maximum atomic E-state index is 14.9. The third kappa shape index (κ3) is 4.59. The van der Waals surface area contributed by atoms with E-state index in [0.717, 1.165) is 11.8 Å². The number of benzene rings is 2. The lowest BCUT2D eigenvalue weighted by Gasteiger charge is -2.40. The van der Waals surface area contributed by atoms with Crippen molar-refractivity contribution in [3.8, 4) is 5.75 Å². The van der Waals surface area contributed by atoms with Gasteiger partial charge in [-0.25, -0.2) is 8.78 Å². The van der Waals surface area contributed by atoms with Crippen molar-refractivity contribution >= 4 is 22.7 Å². The van der Waals surface area contributed by atoms with Crippen LogP contribution in [0.25, 0.3) is 10.9 Å². The Balaban J connectivity index is 1.74. The number of para-hydroxylation sites is 1. The molecule has 0 spiro atoms.